The maximum atomic E-state index is 5.85. The summed E-state index contributed by atoms with van der Waals surface area (Å²) in [6.07, 6.45) is 2.25. The SMILES string of the molecule is [CH2]CCCN1C[C@@H]2COc3ccccc3[C@@H]2C1. The Kier molecular flexibility index (Phi) is 3.06. The quantitative estimate of drug-likeness (QED) is 0.791. The van der Waals surface area contributed by atoms with Crippen molar-refractivity contribution in [2.24, 2.45) is 5.92 Å². The van der Waals surface area contributed by atoms with Gasteiger partial charge >= 0.3 is 0 Å². The minimum Gasteiger partial charge on any atom is -0.493 e. The summed E-state index contributed by atoms with van der Waals surface area (Å²) in [5.74, 6) is 2.48. The summed E-state index contributed by atoms with van der Waals surface area (Å²) in [5.41, 5.74) is 1.42. The van der Waals surface area contributed by atoms with Crippen molar-refractivity contribution in [3.05, 3.63) is 36.8 Å². The van der Waals surface area contributed by atoms with Gasteiger partial charge in [0.1, 0.15) is 5.75 Å². The van der Waals surface area contributed by atoms with Crippen LogP contribution in [0.15, 0.2) is 24.3 Å². The van der Waals surface area contributed by atoms with Crippen LogP contribution in [0.2, 0.25) is 0 Å². The number of hydrogen-bond acceptors (Lipinski definition) is 2. The molecule has 1 saturated heterocycles. The predicted octanol–water partition coefficient (Wildman–Crippen LogP) is 2.71. The van der Waals surface area contributed by atoms with Gasteiger partial charge < -0.3 is 9.64 Å². The van der Waals surface area contributed by atoms with E-state index in [1.165, 1.54) is 31.6 Å². The highest BCUT2D eigenvalue weighted by Gasteiger charge is 2.37. The van der Waals surface area contributed by atoms with Crippen LogP contribution in [0.5, 0.6) is 5.75 Å². The lowest BCUT2D eigenvalue weighted by Crippen LogP contribution is -2.25. The van der Waals surface area contributed by atoms with Gasteiger partial charge in [-0.05, 0) is 24.6 Å². The Labute approximate surface area is 104 Å². The second-order valence-corrected chi connectivity index (χ2v) is 5.18. The van der Waals surface area contributed by atoms with E-state index in [0.717, 1.165) is 18.8 Å². The fourth-order valence-electron chi connectivity index (χ4n) is 3.11. The molecule has 17 heavy (non-hydrogen) atoms. The number of para-hydroxylation sites is 1. The Morgan fingerprint density at radius 3 is 3.06 bits per heavy atom. The number of nitrogens with zero attached hydrogens (tertiary/aromatic N) is 1. The average molecular weight is 230 g/mol. The molecule has 2 heteroatoms. The Bertz CT molecular complexity index is 390. The molecule has 91 valence electrons. The van der Waals surface area contributed by atoms with Gasteiger partial charge in [0, 0.05) is 24.9 Å². The second kappa shape index (κ2) is 4.69. The first kappa shape index (κ1) is 11.1. The molecule has 0 N–H and O–H groups in total. The molecule has 2 aliphatic heterocycles. The second-order valence-electron chi connectivity index (χ2n) is 5.18. The van der Waals surface area contributed by atoms with Crippen molar-refractivity contribution >= 4 is 0 Å². The minimum atomic E-state index is 0.685. The Morgan fingerprint density at radius 2 is 2.18 bits per heavy atom. The third-order valence-electron chi connectivity index (χ3n) is 4.01. The van der Waals surface area contributed by atoms with Crippen LogP contribution >= 0.6 is 0 Å². The molecule has 0 aromatic heterocycles. The largest absolute Gasteiger partial charge is 0.493 e. The van der Waals surface area contributed by atoms with Gasteiger partial charge in [0.15, 0.2) is 0 Å². The van der Waals surface area contributed by atoms with Gasteiger partial charge in [-0.3, -0.25) is 0 Å². The molecule has 0 amide bonds. The zero-order chi connectivity index (χ0) is 11.7. The molecule has 2 heterocycles. The summed E-state index contributed by atoms with van der Waals surface area (Å²) < 4.78 is 5.85. The van der Waals surface area contributed by atoms with Crippen LogP contribution in [0.4, 0.5) is 0 Å². The zero-order valence-electron chi connectivity index (χ0n) is 10.3. The van der Waals surface area contributed by atoms with Gasteiger partial charge in [0.2, 0.25) is 0 Å². The van der Waals surface area contributed by atoms with Gasteiger partial charge in [-0.15, -0.1) is 0 Å². The molecular weight excluding hydrogens is 210 g/mol. The van der Waals surface area contributed by atoms with E-state index in [1.807, 2.05) is 0 Å². The van der Waals surface area contributed by atoms with Crippen molar-refractivity contribution in [3.8, 4) is 5.75 Å². The van der Waals surface area contributed by atoms with Crippen molar-refractivity contribution in [1.29, 1.82) is 0 Å². The van der Waals surface area contributed by atoms with Gasteiger partial charge in [-0.2, -0.15) is 0 Å². The van der Waals surface area contributed by atoms with Gasteiger partial charge in [-0.25, -0.2) is 0 Å². The highest BCUT2D eigenvalue weighted by atomic mass is 16.5. The molecule has 2 atom stereocenters. The number of hydrogen-bond donors (Lipinski definition) is 0. The van der Waals surface area contributed by atoms with Crippen molar-refractivity contribution < 1.29 is 4.74 Å². The van der Waals surface area contributed by atoms with Crippen molar-refractivity contribution in [2.75, 3.05) is 26.2 Å². The molecule has 1 aromatic rings. The molecule has 1 fully saturated rings. The molecule has 0 saturated carbocycles. The number of rotatable bonds is 3. The van der Waals surface area contributed by atoms with E-state index in [2.05, 4.69) is 36.1 Å². The summed E-state index contributed by atoms with van der Waals surface area (Å²) in [6, 6.07) is 8.53. The van der Waals surface area contributed by atoms with Crippen LogP contribution in [0.3, 0.4) is 0 Å². The molecule has 0 bridgehead atoms. The van der Waals surface area contributed by atoms with Gasteiger partial charge in [-0.1, -0.05) is 31.5 Å². The highest BCUT2D eigenvalue weighted by Crippen LogP contribution is 2.41. The summed E-state index contributed by atoms with van der Waals surface area (Å²) in [6.45, 7) is 8.40. The summed E-state index contributed by atoms with van der Waals surface area (Å²) in [7, 11) is 0. The van der Waals surface area contributed by atoms with E-state index >= 15 is 0 Å². The number of benzene rings is 1. The monoisotopic (exact) mass is 230 g/mol. The van der Waals surface area contributed by atoms with E-state index in [1.54, 1.807) is 0 Å². The molecule has 3 rings (SSSR count). The first-order valence-corrected chi connectivity index (χ1v) is 6.62. The zero-order valence-corrected chi connectivity index (χ0v) is 10.3. The molecule has 1 radical (unpaired) electrons. The van der Waals surface area contributed by atoms with Crippen LogP contribution in [0.25, 0.3) is 0 Å². The number of likely N-dealkylation sites (tertiary alicyclic amines) is 1. The number of fused-ring (bicyclic) bond motifs is 3. The van der Waals surface area contributed by atoms with Crippen LogP contribution in [-0.2, 0) is 0 Å². The molecule has 0 unspecified atom stereocenters. The third kappa shape index (κ3) is 2.06. The highest BCUT2D eigenvalue weighted by molar-refractivity contribution is 5.39. The molecule has 0 aliphatic carbocycles. The topological polar surface area (TPSA) is 12.5 Å². The van der Waals surface area contributed by atoms with Gasteiger partial charge in [0.25, 0.3) is 0 Å². The van der Waals surface area contributed by atoms with E-state index in [9.17, 15) is 0 Å². The Hall–Kier alpha value is -1.02. The number of ether oxygens (including phenoxy) is 1. The van der Waals surface area contributed by atoms with Crippen LogP contribution in [-0.4, -0.2) is 31.1 Å². The molecule has 2 nitrogen and oxygen atoms in total. The maximum absolute atomic E-state index is 5.85. The van der Waals surface area contributed by atoms with Gasteiger partial charge in [0.05, 0.1) is 6.61 Å². The minimum absolute atomic E-state index is 0.685. The van der Waals surface area contributed by atoms with Crippen LogP contribution in [0, 0.1) is 12.8 Å². The van der Waals surface area contributed by atoms with Crippen molar-refractivity contribution in [1.82, 2.24) is 4.90 Å². The fraction of sp³-hybridized carbons (Fsp3) is 0.533. The Morgan fingerprint density at radius 1 is 1.29 bits per heavy atom. The van der Waals surface area contributed by atoms with Crippen molar-refractivity contribution in [3.63, 3.8) is 0 Å². The number of unbranched alkanes of at least 4 members (excludes halogenated alkanes) is 1. The summed E-state index contributed by atoms with van der Waals surface area (Å²) >= 11 is 0. The lowest BCUT2D eigenvalue weighted by molar-refractivity contribution is 0.212. The normalized spacial score (nSPS) is 27.4. The average Bonchev–Trinajstić information content (AvgIpc) is 2.79. The maximum Gasteiger partial charge on any atom is 0.122 e. The first-order chi connectivity index (χ1) is 8.38. The van der Waals surface area contributed by atoms with E-state index in [0.29, 0.717) is 11.8 Å². The molecular formula is C15H20NO. The standard InChI is InChI=1S/C15H20NO/c1-2-3-8-16-9-12-11-17-15-7-5-4-6-13(15)14(12)10-16/h4-7,12,14H,1-3,8-11H2/t12-,14-/m1/s1. The van der Waals surface area contributed by atoms with Crippen LogP contribution < -0.4 is 4.74 Å². The van der Waals surface area contributed by atoms with Crippen LogP contribution in [0.1, 0.15) is 24.3 Å². The van der Waals surface area contributed by atoms with Crippen molar-refractivity contribution in [2.45, 2.75) is 18.8 Å². The first-order valence-electron chi connectivity index (χ1n) is 6.62. The molecule has 1 aromatic carbocycles. The molecule has 0 spiro atoms. The lowest BCUT2D eigenvalue weighted by Gasteiger charge is -2.27. The predicted molar refractivity (Wildman–Crippen MR) is 69.2 cm³/mol. The summed E-state index contributed by atoms with van der Waals surface area (Å²) in [4.78, 5) is 2.58. The third-order valence-corrected chi connectivity index (χ3v) is 4.01. The van der Waals surface area contributed by atoms with E-state index in [4.69, 9.17) is 4.74 Å². The van der Waals surface area contributed by atoms with E-state index < -0.39 is 0 Å². The summed E-state index contributed by atoms with van der Waals surface area (Å²) in [5, 5.41) is 0. The molecule has 2 aliphatic rings. The lowest BCUT2D eigenvalue weighted by atomic mass is 9.87. The van der Waals surface area contributed by atoms with E-state index in [-0.39, 0.29) is 0 Å². The smallest absolute Gasteiger partial charge is 0.122 e. The Balaban J connectivity index is 1.75. The fourth-order valence-corrected chi connectivity index (χ4v) is 3.11.